The van der Waals surface area contributed by atoms with Gasteiger partial charge in [0.15, 0.2) is 6.61 Å². The van der Waals surface area contributed by atoms with Crippen LogP contribution in [0.1, 0.15) is 51.3 Å². The van der Waals surface area contributed by atoms with E-state index >= 15 is 0 Å². The zero-order chi connectivity index (χ0) is 32.0. The smallest absolute Gasteiger partial charge is 0.260 e. The van der Waals surface area contributed by atoms with E-state index in [1.54, 1.807) is 35.6 Å². The van der Waals surface area contributed by atoms with E-state index in [1.165, 1.54) is 4.88 Å². The molecule has 0 saturated carbocycles. The Hall–Kier alpha value is -4.47. The molecule has 46 heavy (non-hydrogen) atoms. The first-order chi connectivity index (χ1) is 22.4. The largest absolute Gasteiger partial charge is 0.482 e. The lowest BCUT2D eigenvalue weighted by Crippen LogP contribution is -2.45. The van der Waals surface area contributed by atoms with Crippen LogP contribution in [0, 0.1) is 0 Å². The molecular formula is C37H40N4O4S. The first-order valence-corrected chi connectivity index (χ1v) is 16.8. The second-order valence-electron chi connectivity index (χ2n) is 12.1. The van der Waals surface area contributed by atoms with Gasteiger partial charge in [-0.05, 0) is 93.0 Å². The molecule has 0 bridgehead atoms. The van der Waals surface area contributed by atoms with E-state index in [4.69, 9.17) is 4.74 Å². The second kappa shape index (κ2) is 14.3. The number of likely N-dealkylation sites (tertiary alicyclic amines) is 1. The number of thiophene rings is 1. The molecule has 1 aromatic heterocycles. The first-order valence-electron chi connectivity index (χ1n) is 15.9. The molecule has 1 saturated heterocycles. The number of carbonyl (C=O) groups is 3. The molecule has 1 fully saturated rings. The molecule has 3 amide bonds. The molecule has 0 atom stereocenters. The average Bonchev–Trinajstić information content (AvgIpc) is 3.46. The van der Waals surface area contributed by atoms with Crippen molar-refractivity contribution in [2.24, 2.45) is 0 Å². The minimum absolute atomic E-state index is 0.115. The van der Waals surface area contributed by atoms with Crippen molar-refractivity contribution in [3.63, 3.8) is 0 Å². The van der Waals surface area contributed by atoms with Gasteiger partial charge >= 0.3 is 0 Å². The van der Waals surface area contributed by atoms with Crippen molar-refractivity contribution in [1.29, 1.82) is 0 Å². The molecule has 238 valence electrons. The van der Waals surface area contributed by atoms with E-state index in [2.05, 4.69) is 24.3 Å². The van der Waals surface area contributed by atoms with Crippen LogP contribution in [0.15, 0.2) is 84.2 Å². The van der Waals surface area contributed by atoms with Crippen LogP contribution in [0.4, 0.5) is 11.4 Å². The van der Waals surface area contributed by atoms with Gasteiger partial charge in [0.2, 0.25) is 0 Å². The monoisotopic (exact) mass is 636 g/mol. The van der Waals surface area contributed by atoms with Gasteiger partial charge in [-0.2, -0.15) is 0 Å². The maximum Gasteiger partial charge on any atom is 0.260 e. The van der Waals surface area contributed by atoms with E-state index in [1.807, 2.05) is 69.8 Å². The third-order valence-electron chi connectivity index (χ3n) is 8.93. The van der Waals surface area contributed by atoms with E-state index in [0.29, 0.717) is 42.5 Å². The van der Waals surface area contributed by atoms with Gasteiger partial charge in [-0.1, -0.05) is 48.5 Å². The SMILES string of the molecule is CN(C)C1CCN(C(=O)COc2cc(C(=O)N3CCCCc4sccc43)ccc2NC(=O)c2ccccc2-c2ccccc2)CC1. The summed E-state index contributed by atoms with van der Waals surface area (Å²) in [7, 11) is 4.14. The molecular weight excluding hydrogens is 596 g/mol. The molecule has 0 aliphatic carbocycles. The molecule has 4 aromatic rings. The van der Waals surface area contributed by atoms with Crippen molar-refractivity contribution in [3.8, 4) is 16.9 Å². The van der Waals surface area contributed by atoms with E-state index in [9.17, 15) is 14.4 Å². The highest BCUT2D eigenvalue weighted by Crippen LogP contribution is 2.34. The molecule has 2 aliphatic heterocycles. The highest BCUT2D eigenvalue weighted by Gasteiger charge is 2.27. The number of carbonyl (C=O) groups excluding carboxylic acids is 3. The fourth-order valence-corrected chi connectivity index (χ4v) is 7.21. The van der Waals surface area contributed by atoms with Crippen molar-refractivity contribution < 1.29 is 19.1 Å². The predicted octanol–water partition coefficient (Wildman–Crippen LogP) is 6.58. The molecule has 2 aliphatic rings. The van der Waals surface area contributed by atoms with Crippen LogP contribution < -0.4 is 15.0 Å². The minimum Gasteiger partial charge on any atom is -0.482 e. The maximum absolute atomic E-state index is 13.9. The Kier molecular flexibility index (Phi) is 9.80. The molecule has 1 N–H and O–H groups in total. The predicted molar refractivity (Wildman–Crippen MR) is 184 cm³/mol. The van der Waals surface area contributed by atoms with Crippen molar-refractivity contribution in [3.05, 3.63) is 100 Å². The number of rotatable bonds is 8. The summed E-state index contributed by atoms with van der Waals surface area (Å²) in [4.78, 5) is 48.0. The van der Waals surface area contributed by atoms with Crippen molar-refractivity contribution in [1.82, 2.24) is 9.80 Å². The maximum atomic E-state index is 13.9. The van der Waals surface area contributed by atoms with E-state index < -0.39 is 0 Å². The highest BCUT2D eigenvalue weighted by molar-refractivity contribution is 7.10. The Labute approximate surface area is 274 Å². The van der Waals surface area contributed by atoms with Gasteiger partial charge < -0.3 is 24.8 Å². The van der Waals surface area contributed by atoms with Gasteiger partial charge in [0.25, 0.3) is 17.7 Å². The van der Waals surface area contributed by atoms with Crippen LogP contribution in [-0.2, 0) is 11.2 Å². The quantitative estimate of drug-likeness (QED) is 0.236. The van der Waals surface area contributed by atoms with Gasteiger partial charge in [0.1, 0.15) is 5.75 Å². The standard InChI is InChI=1S/C37H40N4O4S/c1-39(2)28-17-21-40(22-18-28)35(42)25-45-33-24-27(37(44)41-20-9-8-14-34-32(41)19-23-46-34)15-16-31(33)38-36(43)30-13-7-6-12-29(30)26-10-4-3-5-11-26/h3-7,10-13,15-16,19,23-24,28H,8-9,14,17-18,20-22,25H2,1-2H3,(H,38,43). The van der Waals surface area contributed by atoms with Crippen LogP contribution in [0.25, 0.3) is 11.1 Å². The number of nitrogens with zero attached hydrogens (tertiary/aromatic N) is 3. The number of amides is 3. The van der Waals surface area contributed by atoms with Gasteiger partial charge in [0.05, 0.1) is 11.4 Å². The lowest BCUT2D eigenvalue weighted by molar-refractivity contribution is -0.134. The first kappa shape index (κ1) is 31.5. The Bertz CT molecular complexity index is 1690. The van der Waals surface area contributed by atoms with Crippen molar-refractivity contribution in [2.75, 3.05) is 50.6 Å². The molecule has 0 spiro atoms. The normalized spacial score (nSPS) is 15.3. The molecule has 9 heteroatoms. The summed E-state index contributed by atoms with van der Waals surface area (Å²) in [6.07, 6.45) is 4.74. The molecule has 3 heterocycles. The van der Waals surface area contributed by atoms with E-state index in [0.717, 1.165) is 48.9 Å². The number of benzene rings is 3. The number of aryl methyl sites for hydroxylation is 1. The lowest BCUT2D eigenvalue weighted by Gasteiger charge is -2.35. The van der Waals surface area contributed by atoms with Crippen LogP contribution in [0.3, 0.4) is 0 Å². The zero-order valence-electron chi connectivity index (χ0n) is 26.4. The Balaban J connectivity index is 1.26. The van der Waals surface area contributed by atoms with Gasteiger partial charge in [-0.3, -0.25) is 14.4 Å². The number of hydrogen-bond donors (Lipinski definition) is 1. The summed E-state index contributed by atoms with van der Waals surface area (Å²) in [6, 6.07) is 24.7. The van der Waals surface area contributed by atoms with Gasteiger partial charge in [-0.25, -0.2) is 0 Å². The number of nitrogens with one attached hydrogen (secondary N) is 1. The molecule has 8 nitrogen and oxygen atoms in total. The second-order valence-corrected chi connectivity index (χ2v) is 13.1. The number of fused-ring (bicyclic) bond motifs is 1. The summed E-state index contributed by atoms with van der Waals surface area (Å²) < 4.78 is 6.15. The van der Waals surface area contributed by atoms with Crippen LogP contribution in [0.5, 0.6) is 5.75 Å². The summed E-state index contributed by atoms with van der Waals surface area (Å²) in [5, 5.41) is 5.04. The number of piperidine rings is 1. The third-order valence-corrected chi connectivity index (χ3v) is 9.90. The Morgan fingerprint density at radius 2 is 1.67 bits per heavy atom. The number of hydrogen-bond acceptors (Lipinski definition) is 6. The average molecular weight is 637 g/mol. The third kappa shape index (κ3) is 7.00. The summed E-state index contributed by atoms with van der Waals surface area (Å²) in [5.41, 5.74) is 4.04. The zero-order valence-corrected chi connectivity index (χ0v) is 27.2. The minimum atomic E-state index is -0.309. The lowest BCUT2D eigenvalue weighted by atomic mass is 9.99. The van der Waals surface area contributed by atoms with Crippen molar-refractivity contribution >= 4 is 40.4 Å². The van der Waals surface area contributed by atoms with Crippen LogP contribution >= 0.6 is 11.3 Å². The van der Waals surface area contributed by atoms with Crippen LogP contribution in [0.2, 0.25) is 0 Å². The Morgan fingerprint density at radius 3 is 2.46 bits per heavy atom. The van der Waals surface area contributed by atoms with Gasteiger partial charge in [-0.15, -0.1) is 11.3 Å². The summed E-state index contributed by atoms with van der Waals surface area (Å²) >= 11 is 1.68. The molecule has 0 radical (unpaired) electrons. The fourth-order valence-electron chi connectivity index (χ4n) is 6.28. The molecule has 3 aromatic carbocycles. The Morgan fingerprint density at radius 1 is 0.913 bits per heavy atom. The van der Waals surface area contributed by atoms with Crippen LogP contribution in [-0.4, -0.2) is 73.9 Å². The fraction of sp³-hybridized carbons (Fsp3) is 0.324. The topological polar surface area (TPSA) is 82.2 Å². The summed E-state index contributed by atoms with van der Waals surface area (Å²) in [5.74, 6) is -0.268. The molecule has 6 rings (SSSR count). The van der Waals surface area contributed by atoms with Gasteiger partial charge in [0, 0.05) is 41.7 Å². The molecule has 0 unspecified atom stereocenters. The number of anilines is 2. The summed E-state index contributed by atoms with van der Waals surface area (Å²) in [6.45, 7) is 1.78. The number of ether oxygens (including phenoxy) is 1. The van der Waals surface area contributed by atoms with E-state index in [-0.39, 0.29) is 30.1 Å². The highest BCUT2D eigenvalue weighted by atomic mass is 32.1. The van der Waals surface area contributed by atoms with Crippen molar-refractivity contribution in [2.45, 2.75) is 38.1 Å².